The number of benzene rings is 1. The average molecular weight is 481 g/mol. The van der Waals surface area contributed by atoms with E-state index in [1.165, 1.54) is 30.0 Å². The number of nitrogens with zero attached hydrogens (tertiary/aromatic N) is 3. The molecule has 0 spiro atoms. The summed E-state index contributed by atoms with van der Waals surface area (Å²) < 4.78 is 6.57. The highest BCUT2D eigenvalue weighted by molar-refractivity contribution is 6.01. The van der Waals surface area contributed by atoms with Crippen molar-refractivity contribution in [3.63, 3.8) is 0 Å². The highest BCUT2D eigenvalue weighted by Gasteiger charge is 2.48. The zero-order valence-electron chi connectivity index (χ0n) is 21.0. The maximum atomic E-state index is 13.8. The number of amides is 2. The summed E-state index contributed by atoms with van der Waals surface area (Å²) in [5.41, 5.74) is 1.24. The number of aromatic nitrogens is 2. The van der Waals surface area contributed by atoms with Crippen LogP contribution in [-0.2, 0) is 22.6 Å². The molecular weight excluding hydrogens is 444 g/mol. The molecule has 1 N–H and O–H groups in total. The number of hydrogen-bond acceptors (Lipinski definition) is 5. The van der Waals surface area contributed by atoms with Crippen LogP contribution in [0.3, 0.4) is 0 Å². The van der Waals surface area contributed by atoms with Crippen LogP contribution in [0.2, 0.25) is 0 Å². The lowest BCUT2D eigenvalue weighted by Gasteiger charge is -2.44. The number of carbonyl (C=O) groups is 3. The third kappa shape index (κ3) is 5.26. The second-order valence-corrected chi connectivity index (χ2v) is 9.90. The molecule has 1 atom stereocenters. The van der Waals surface area contributed by atoms with E-state index >= 15 is 0 Å². The number of esters is 1. The van der Waals surface area contributed by atoms with Gasteiger partial charge in [-0.15, -0.1) is 0 Å². The molecule has 2 aromatic rings. The molecule has 4 rings (SSSR count). The molecule has 1 aromatic heterocycles. The first kappa shape index (κ1) is 24.9. The van der Waals surface area contributed by atoms with Gasteiger partial charge in [0.15, 0.2) is 5.69 Å². The standard InChI is InChI=1S/C27H36N4O4/c1-4-35-25(33)22-16-23-24(32)30(17-20-13-11-10-12-19(20)2)27(3,18-31(23)29-22)26(34)28-21-14-8-6-5-7-9-15-21/h10-13,16,21H,4-9,14-15,17-18H2,1-3H3,(H,28,34). The Balaban J connectivity index is 1.67. The summed E-state index contributed by atoms with van der Waals surface area (Å²) in [7, 11) is 0. The van der Waals surface area contributed by atoms with Gasteiger partial charge in [0, 0.05) is 18.7 Å². The van der Waals surface area contributed by atoms with Gasteiger partial charge in [0.05, 0.1) is 13.2 Å². The van der Waals surface area contributed by atoms with E-state index < -0.39 is 11.5 Å². The van der Waals surface area contributed by atoms with Crippen LogP contribution >= 0.6 is 0 Å². The first-order chi connectivity index (χ1) is 16.8. The number of hydrogen-bond donors (Lipinski definition) is 1. The molecule has 35 heavy (non-hydrogen) atoms. The van der Waals surface area contributed by atoms with Crippen molar-refractivity contribution in [3.8, 4) is 0 Å². The molecule has 1 fully saturated rings. The molecule has 1 unspecified atom stereocenters. The predicted octanol–water partition coefficient (Wildman–Crippen LogP) is 4.01. The summed E-state index contributed by atoms with van der Waals surface area (Å²) in [5, 5.41) is 7.61. The van der Waals surface area contributed by atoms with Crippen molar-refractivity contribution in [2.24, 2.45) is 0 Å². The number of rotatable bonds is 6. The number of aryl methyl sites for hydroxylation is 1. The zero-order chi connectivity index (χ0) is 25.0. The van der Waals surface area contributed by atoms with Crippen LogP contribution in [0, 0.1) is 6.92 Å². The quantitative estimate of drug-likeness (QED) is 0.631. The van der Waals surface area contributed by atoms with Crippen LogP contribution in [0.1, 0.15) is 90.9 Å². The fraction of sp³-hybridized carbons (Fsp3) is 0.556. The van der Waals surface area contributed by atoms with E-state index in [9.17, 15) is 14.4 Å². The number of fused-ring (bicyclic) bond motifs is 1. The Bertz CT molecular complexity index is 1090. The van der Waals surface area contributed by atoms with Crippen LogP contribution in [0.4, 0.5) is 0 Å². The Morgan fingerprint density at radius 2 is 1.83 bits per heavy atom. The highest BCUT2D eigenvalue weighted by Crippen LogP contribution is 2.31. The summed E-state index contributed by atoms with van der Waals surface area (Å²) in [6.45, 7) is 6.20. The molecule has 8 heteroatoms. The summed E-state index contributed by atoms with van der Waals surface area (Å²) >= 11 is 0. The van der Waals surface area contributed by atoms with Gasteiger partial charge in [0.25, 0.3) is 5.91 Å². The van der Waals surface area contributed by atoms with Crippen molar-refractivity contribution < 1.29 is 19.1 Å². The summed E-state index contributed by atoms with van der Waals surface area (Å²) in [4.78, 5) is 41.5. The Hall–Kier alpha value is -3.16. The Kier molecular flexibility index (Phi) is 7.57. The Labute approximate surface area is 207 Å². The van der Waals surface area contributed by atoms with Gasteiger partial charge in [0.2, 0.25) is 5.91 Å². The van der Waals surface area contributed by atoms with E-state index in [0.29, 0.717) is 6.54 Å². The van der Waals surface area contributed by atoms with Gasteiger partial charge in [-0.25, -0.2) is 4.79 Å². The molecule has 0 saturated heterocycles. The van der Waals surface area contributed by atoms with Gasteiger partial charge in [-0.1, -0.05) is 56.4 Å². The largest absolute Gasteiger partial charge is 0.461 e. The molecule has 1 saturated carbocycles. The van der Waals surface area contributed by atoms with Gasteiger partial charge in [-0.05, 0) is 44.7 Å². The lowest BCUT2D eigenvalue weighted by molar-refractivity contribution is -0.134. The van der Waals surface area contributed by atoms with Gasteiger partial charge < -0.3 is 15.0 Å². The maximum absolute atomic E-state index is 13.8. The summed E-state index contributed by atoms with van der Waals surface area (Å²) in [5.74, 6) is -1.07. The minimum Gasteiger partial charge on any atom is -0.461 e. The van der Waals surface area contributed by atoms with Crippen LogP contribution in [0.15, 0.2) is 30.3 Å². The zero-order valence-corrected chi connectivity index (χ0v) is 21.0. The molecule has 1 aliphatic heterocycles. The fourth-order valence-electron chi connectivity index (χ4n) is 5.09. The normalized spacial score (nSPS) is 21.1. The van der Waals surface area contributed by atoms with Gasteiger partial charge >= 0.3 is 5.97 Å². The fourth-order valence-corrected chi connectivity index (χ4v) is 5.09. The molecule has 0 bridgehead atoms. The summed E-state index contributed by atoms with van der Waals surface area (Å²) in [6.07, 6.45) is 7.73. The molecule has 8 nitrogen and oxygen atoms in total. The minimum absolute atomic E-state index is 0.0794. The van der Waals surface area contributed by atoms with E-state index in [2.05, 4.69) is 10.4 Å². The molecule has 1 aromatic carbocycles. The van der Waals surface area contributed by atoms with E-state index in [1.807, 2.05) is 31.2 Å². The smallest absolute Gasteiger partial charge is 0.358 e. The first-order valence-corrected chi connectivity index (χ1v) is 12.8. The van der Waals surface area contributed by atoms with Crippen LogP contribution in [-0.4, -0.2) is 50.7 Å². The second kappa shape index (κ2) is 10.6. The molecule has 188 valence electrons. The van der Waals surface area contributed by atoms with Crippen molar-refractivity contribution in [1.29, 1.82) is 0 Å². The molecular formula is C27H36N4O4. The van der Waals surface area contributed by atoms with Gasteiger partial charge in [-0.3, -0.25) is 14.3 Å². The van der Waals surface area contributed by atoms with E-state index in [1.54, 1.807) is 18.7 Å². The molecule has 0 radical (unpaired) electrons. The van der Waals surface area contributed by atoms with Gasteiger partial charge in [-0.2, -0.15) is 5.10 Å². The Morgan fingerprint density at radius 3 is 2.51 bits per heavy atom. The first-order valence-electron chi connectivity index (χ1n) is 12.8. The van der Waals surface area contributed by atoms with Crippen molar-refractivity contribution >= 4 is 17.8 Å². The lowest BCUT2D eigenvalue weighted by Crippen LogP contribution is -2.64. The van der Waals surface area contributed by atoms with Gasteiger partial charge in [0.1, 0.15) is 11.2 Å². The Morgan fingerprint density at radius 1 is 1.14 bits per heavy atom. The minimum atomic E-state index is -1.16. The number of nitrogens with one attached hydrogen (secondary N) is 1. The maximum Gasteiger partial charge on any atom is 0.358 e. The number of carbonyl (C=O) groups excluding carboxylic acids is 3. The number of ether oxygens (including phenoxy) is 1. The van der Waals surface area contributed by atoms with Crippen molar-refractivity contribution in [2.75, 3.05) is 6.61 Å². The third-order valence-electron chi connectivity index (χ3n) is 7.30. The monoisotopic (exact) mass is 480 g/mol. The van der Waals surface area contributed by atoms with Crippen LogP contribution < -0.4 is 5.32 Å². The van der Waals surface area contributed by atoms with Crippen molar-refractivity contribution in [2.45, 2.75) is 90.4 Å². The van der Waals surface area contributed by atoms with Crippen LogP contribution in [0.5, 0.6) is 0 Å². The molecule has 2 heterocycles. The molecule has 1 aliphatic carbocycles. The van der Waals surface area contributed by atoms with E-state index in [0.717, 1.165) is 36.8 Å². The van der Waals surface area contributed by atoms with Crippen LogP contribution in [0.25, 0.3) is 0 Å². The van der Waals surface area contributed by atoms with E-state index in [-0.39, 0.29) is 42.4 Å². The van der Waals surface area contributed by atoms with Crippen molar-refractivity contribution in [3.05, 3.63) is 52.8 Å². The average Bonchev–Trinajstić information content (AvgIpc) is 3.23. The lowest BCUT2D eigenvalue weighted by atomic mass is 9.91. The predicted molar refractivity (Wildman–Crippen MR) is 132 cm³/mol. The second-order valence-electron chi connectivity index (χ2n) is 9.90. The molecule has 2 amide bonds. The highest BCUT2D eigenvalue weighted by atomic mass is 16.5. The van der Waals surface area contributed by atoms with Crippen molar-refractivity contribution in [1.82, 2.24) is 20.0 Å². The summed E-state index contributed by atoms with van der Waals surface area (Å²) in [6, 6.07) is 9.44. The van der Waals surface area contributed by atoms with E-state index in [4.69, 9.17) is 4.74 Å². The topological polar surface area (TPSA) is 93.5 Å². The third-order valence-corrected chi connectivity index (χ3v) is 7.30. The SMILES string of the molecule is CCOC(=O)c1cc2n(n1)CC(C)(C(=O)NC1CCCCCCC1)N(Cc1ccccc1C)C2=O. The molecule has 2 aliphatic rings.